The number of piperidine rings is 1. The lowest BCUT2D eigenvalue weighted by atomic mass is 9.96. The molecule has 0 bridgehead atoms. The summed E-state index contributed by atoms with van der Waals surface area (Å²) in [6.07, 6.45) is 1.82. The molecule has 1 atom stereocenters. The highest BCUT2D eigenvalue weighted by atomic mass is 19.1. The Hall–Kier alpha value is -3.02. The van der Waals surface area contributed by atoms with Gasteiger partial charge in [-0.3, -0.25) is 9.89 Å². The summed E-state index contributed by atoms with van der Waals surface area (Å²) in [7, 11) is 0. The fourth-order valence-electron chi connectivity index (χ4n) is 3.36. The lowest BCUT2D eigenvalue weighted by molar-refractivity contribution is 0.0704. The first-order valence-corrected chi connectivity index (χ1v) is 8.73. The third kappa shape index (κ3) is 3.35. The molecule has 1 aromatic heterocycles. The van der Waals surface area contributed by atoms with Gasteiger partial charge < -0.3 is 4.90 Å². The topological polar surface area (TPSA) is 61.9 Å². The van der Waals surface area contributed by atoms with E-state index in [4.69, 9.17) is 0 Å². The van der Waals surface area contributed by atoms with E-state index >= 15 is 0 Å². The Morgan fingerprint density at radius 1 is 1.15 bits per heavy atom. The van der Waals surface area contributed by atoms with E-state index in [0.717, 1.165) is 24.2 Å². The summed E-state index contributed by atoms with van der Waals surface area (Å²) in [5.74, 6) is 1.02. The van der Waals surface area contributed by atoms with E-state index in [-0.39, 0.29) is 11.8 Å². The lowest BCUT2D eigenvalue weighted by Gasteiger charge is -2.31. The van der Waals surface area contributed by atoms with Crippen LogP contribution in [-0.2, 0) is 0 Å². The minimum absolute atomic E-state index is 0.103. The number of rotatable bonds is 3. The molecule has 26 heavy (non-hydrogen) atoms. The molecule has 1 N–H and O–H groups in total. The number of hydrogen-bond donors (Lipinski definition) is 1. The van der Waals surface area contributed by atoms with Gasteiger partial charge in [0.05, 0.1) is 0 Å². The maximum Gasteiger partial charge on any atom is 0.253 e. The van der Waals surface area contributed by atoms with Crippen molar-refractivity contribution in [1.82, 2.24) is 20.1 Å². The highest BCUT2D eigenvalue weighted by molar-refractivity contribution is 5.94. The molecule has 132 valence electrons. The van der Waals surface area contributed by atoms with Gasteiger partial charge in [0.15, 0.2) is 5.82 Å². The normalized spacial score (nSPS) is 17.3. The van der Waals surface area contributed by atoms with Gasteiger partial charge in [-0.2, -0.15) is 5.10 Å². The number of amides is 1. The molecule has 0 aliphatic carbocycles. The average molecular weight is 350 g/mol. The van der Waals surface area contributed by atoms with Crippen LogP contribution in [0.2, 0.25) is 0 Å². The molecule has 1 aliphatic heterocycles. The minimum Gasteiger partial charge on any atom is -0.338 e. The van der Waals surface area contributed by atoms with Crippen molar-refractivity contribution >= 4 is 5.91 Å². The predicted molar refractivity (Wildman–Crippen MR) is 96.1 cm³/mol. The van der Waals surface area contributed by atoms with E-state index in [2.05, 4.69) is 15.2 Å². The molecule has 2 aromatic carbocycles. The molecule has 0 saturated carbocycles. The number of likely N-dealkylation sites (tertiary alicyclic amines) is 1. The zero-order valence-corrected chi connectivity index (χ0v) is 14.2. The number of aromatic amines is 1. The molecule has 1 amide bonds. The van der Waals surface area contributed by atoms with Gasteiger partial charge >= 0.3 is 0 Å². The standard InChI is InChI=1S/C20H19FN4O/c21-17-10-4-8-15(12-17)20(26)25-11-5-9-16(13-25)19-22-18(23-24-19)14-6-2-1-3-7-14/h1-4,6-8,10,12,16H,5,9,11,13H2,(H,22,23,24). The van der Waals surface area contributed by atoms with E-state index in [1.807, 2.05) is 30.3 Å². The first kappa shape index (κ1) is 16.4. The number of benzene rings is 2. The van der Waals surface area contributed by atoms with Crippen LogP contribution in [0.1, 0.15) is 34.9 Å². The number of aromatic nitrogens is 3. The lowest BCUT2D eigenvalue weighted by Crippen LogP contribution is -2.39. The summed E-state index contributed by atoms with van der Waals surface area (Å²) < 4.78 is 13.4. The van der Waals surface area contributed by atoms with Crippen molar-refractivity contribution in [2.45, 2.75) is 18.8 Å². The quantitative estimate of drug-likeness (QED) is 0.785. The highest BCUT2D eigenvalue weighted by Crippen LogP contribution is 2.27. The zero-order chi connectivity index (χ0) is 17.9. The molecular weight excluding hydrogens is 331 g/mol. The first-order valence-electron chi connectivity index (χ1n) is 8.73. The van der Waals surface area contributed by atoms with Crippen molar-refractivity contribution in [3.05, 3.63) is 71.8 Å². The van der Waals surface area contributed by atoms with Crippen molar-refractivity contribution in [3.8, 4) is 11.4 Å². The number of halogens is 1. The largest absolute Gasteiger partial charge is 0.338 e. The third-order valence-corrected chi connectivity index (χ3v) is 4.70. The van der Waals surface area contributed by atoms with Crippen LogP contribution in [0.4, 0.5) is 4.39 Å². The summed E-state index contributed by atoms with van der Waals surface area (Å²) >= 11 is 0. The second-order valence-electron chi connectivity index (χ2n) is 6.51. The van der Waals surface area contributed by atoms with E-state index in [0.29, 0.717) is 24.5 Å². The molecule has 6 heteroatoms. The van der Waals surface area contributed by atoms with Crippen molar-refractivity contribution in [2.75, 3.05) is 13.1 Å². The Balaban J connectivity index is 1.50. The maximum atomic E-state index is 13.4. The molecule has 1 fully saturated rings. The number of H-pyrrole nitrogens is 1. The van der Waals surface area contributed by atoms with Gasteiger partial charge in [-0.1, -0.05) is 36.4 Å². The number of carbonyl (C=O) groups is 1. The Kier molecular flexibility index (Phi) is 4.48. The number of hydrogen-bond acceptors (Lipinski definition) is 3. The van der Waals surface area contributed by atoms with Crippen molar-refractivity contribution < 1.29 is 9.18 Å². The van der Waals surface area contributed by atoms with Gasteiger partial charge in [-0.25, -0.2) is 9.37 Å². The Morgan fingerprint density at radius 3 is 2.81 bits per heavy atom. The van der Waals surface area contributed by atoms with Gasteiger partial charge in [-0.05, 0) is 31.0 Å². The van der Waals surface area contributed by atoms with E-state index in [9.17, 15) is 9.18 Å². The van der Waals surface area contributed by atoms with Gasteiger partial charge in [0.25, 0.3) is 5.91 Å². The van der Waals surface area contributed by atoms with E-state index in [1.54, 1.807) is 17.0 Å². The van der Waals surface area contributed by atoms with Gasteiger partial charge in [0.2, 0.25) is 0 Å². The molecule has 5 nitrogen and oxygen atoms in total. The second kappa shape index (κ2) is 7.07. The van der Waals surface area contributed by atoms with Crippen LogP contribution < -0.4 is 0 Å². The molecule has 1 saturated heterocycles. The fraction of sp³-hybridized carbons (Fsp3) is 0.250. The summed E-state index contributed by atoms with van der Waals surface area (Å²) in [6.45, 7) is 1.23. The molecule has 0 radical (unpaired) electrons. The van der Waals surface area contributed by atoms with E-state index < -0.39 is 5.82 Å². The Labute approximate surface area is 150 Å². The van der Waals surface area contributed by atoms with Crippen LogP contribution in [0.25, 0.3) is 11.4 Å². The van der Waals surface area contributed by atoms with Crippen LogP contribution in [0.15, 0.2) is 54.6 Å². The third-order valence-electron chi connectivity index (χ3n) is 4.70. The molecule has 4 rings (SSSR count). The first-order chi connectivity index (χ1) is 12.7. The van der Waals surface area contributed by atoms with Gasteiger partial charge in [-0.15, -0.1) is 0 Å². The molecule has 1 unspecified atom stereocenters. The SMILES string of the molecule is O=C(c1cccc(F)c1)N1CCCC(c2nc(-c3ccccc3)n[nH]2)C1. The Morgan fingerprint density at radius 2 is 2.00 bits per heavy atom. The number of nitrogens with one attached hydrogen (secondary N) is 1. The summed E-state index contributed by atoms with van der Waals surface area (Å²) in [5.41, 5.74) is 1.34. The van der Waals surface area contributed by atoms with E-state index in [1.165, 1.54) is 12.1 Å². The molecule has 2 heterocycles. The summed E-state index contributed by atoms with van der Waals surface area (Å²) in [5, 5.41) is 7.34. The zero-order valence-electron chi connectivity index (χ0n) is 14.2. The van der Waals surface area contributed by atoms with Crippen LogP contribution in [0.3, 0.4) is 0 Å². The monoisotopic (exact) mass is 350 g/mol. The predicted octanol–water partition coefficient (Wildman–Crippen LogP) is 3.63. The van der Waals surface area contributed by atoms with Crippen molar-refractivity contribution in [2.24, 2.45) is 0 Å². The average Bonchev–Trinajstić information content (AvgIpc) is 3.18. The number of nitrogens with zero attached hydrogens (tertiary/aromatic N) is 3. The van der Waals surface area contributed by atoms with Gasteiger partial charge in [0, 0.05) is 30.1 Å². The summed E-state index contributed by atoms with van der Waals surface area (Å²) in [4.78, 5) is 19.1. The Bertz CT molecular complexity index is 909. The van der Waals surface area contributed by atoms with Crippen LogP contribution >= 0.6 is 0 Å². The van der Waals surface area contributed by atoms with Crippen molar-refractivity contribution in [3.63, 3.8) is 0 Å². The minimum atomic E-state index is -0.396. The summed E-state index contributed by atoms with van der Waals surface area (Å²) in [6, 6.07) is 15.6. The van der Waals surface area contributed by atoms with Crippen LogP contribution in [0.5, 0.6) is 0 Å². The number of carbonyl (C=O) groups excluding carboxylic acids is 1. The van der Waals surface area contributed by atoms with Crippen LogP contribution in [0, 0.1) is 5.82 Å². The molecule has 0 spiro atoms. The van der Waals surface area contributed by atoms with Crippen molar-refractivity contribution in [1.29, 1.82) is 0 Å². The van der Waals surface area contributed by atoms with Gasteiger partial charge in [0.1, 0.15) is 11.6 Å². The fourth-order valence-corrected chi connectivity index (χ4v) is 3.36. The highest BCUT2D eigenvalue weighted by Gasteiger charge is 2.27. The van der Waals surface area contributed by atoms with Crippen LogP contribution in [-0.4, -0.2) is 39.1 Å². The molecular formula is C20H19FN4O. The second-order valence-corrected chi connectivity index (χ2v) is 6.51. The smallest absolute Gasteiger partial charge is 0.253 e. The molecule has 3 aromatic rings. The molecule has 1 aliphatic rings. The maximum absolute atomic E-state index is 13.4.